The Balaban J connectivity index is 1.05. The number of halogens is 1. The van der Waals surface area contributed by atoms with Gasteiger partial charge in [-0.25, -0.2) is 13.4 Å². The average molecular weight is 678 g/mol. The summed E-state index contributed by atoms with van der Waals surface area (Å²) in [6, 6.07) is 10.3. The molecular weight excluding hydrogens is 638 g/mol. The number of piperazine rings is 1. The maximum atomic E-state index is 12.3. The second kappa shape index (κ2) is 12.7. The van der Waals surface area contributed by atoms with Crippen LogP contribution in [0.3, 0.4) is 0 Å². The molecule has 248 valence electrons. The van der Waals surface area contributed by atoms with Crippen molar-refractivity contribution in [2.24, 2.45) is 0 Å². The predicted molar refractivity (Wildman–Crippen MR) is 186 cm³/mol. The summed E-state index contributed by atoms with van der Waals surface area (Å²) >= 11 is 6.50. The molecule has 3 aliphatic rings. The third-order valence-corrected chi connectivity index (χ3v) is 10.9. The Morgan fingerprint density at radius 3 is 2.51 bits per heavy atom. The van der Waals surface area contributed by atoms with Gasteiger partial charge in [0.2, 0.25) is 5.95 Å². The van der Waals surface area contributed by atoms with Gasteiger partial charge < -0.3 is 20.3 Å². The first-order chi connectivity index (χ1) is 22.6. The van der Waals surface area contributed by atoms with Gasteiger partial charge in [-0.05, 0) is 57.0 Å². The number of hydrogen-bond donors (Lipinski definition) is 2. The van der Waals surface area contributed by atoms with Crippen LogP contribution in [-0.4, -0.2) is 103 Å². The molecule has 47 heavy (non-hydrogen) atoms. The van der Waals surface area contributed by atoms with E-state index in [9.17, 15) is 8.42 Å². The number of nitrogens with zero attached hydrogens (tertiary/aromatic N) is 7. The van der Waals surface area contributed by atoms with Gasteiger partial charge in [-0.3, -0.25) is 19.8 Å². The van der Waals surface area contributed by atoms with Crippen LogP contribution in [0, 0.1) is 0 Å². The van der Waals surface area contributed by atoms with Crippen LogP contribution in [0.5, 0.6) is 5.75 Å². The fourth-order valence-corrected chi connectivity index (χ4v) is 7.90. The molecule has 0 unspecified atom stereocenters. The minimum atomic E-state index is -3.38. The van der Waals surface area contributed by atoms with Crippen LogP contribution in [-0.2, 0) is 15.6 Å². The monoisotopic (exact) mass is 677 g/mol. The maximum absolute atomic E-state index is 12.3. The molecule has 4 heterocycles. The lowest BCUT2D eigenvalue weighted by Crippen LogP contribution is -2.57. The molecule has 7 rings (SSSR count). The summed E-state index contributed by atoms with van der Waals surface area (Å²) in [6.45, 7) is 5.57. The van der Waals surface area contributed by atoms with E-state index < -0.39 is 9.84 Å². The molecule has 0 amide bonds. The minimum absolute atomic E-state index is 0.225. The average Bonchev–Trinajstić information content (AvgIpc) is 3.84. The summed E-state index contributed by atoms with van der Waals surface area (Å²) < 4.78 is 30.4. The molecule has 1 aliphatic carbocycles. The van der Waals surface area contributed by atoms with Gasteiger partial charge in [-0.2, -0.15) is 4.98 Å². The Kier molecular flexibility index (Phi) is 8.58. The normalized spacial score (nSPS) is 18.9. The molecule has 2 aromatic carbocycles. The number of rotatable bonds is 9. The highest BCUT2D eigenvalue weighted by atomic mass is 35.5. The number of piperidine rings is 1. The first-order valence-corrected chi connectivity index (χ1v) is 18.4. The van der Waals surface area contributed by atoms with Crippen LogP contribution < -0.4 is 20.3 Å². The maximum Gasteiger partial charge on any atom is 0.229 e. The smallest absolute Gasteiger partial charge is 0.229 e. The number of benzene rings is 2. The van der Waals surface area contributed by atoms with E-state index in [-0.39, 0.29) is 10.8 Å². The van der Waals surface area contributed by atoms with Crippen molar-refractivity contribution >= 4 is 61.3 Å². The van der Waals surface area contributed by atoms with E-state index in [1.54, 1.807) is 25.4 Å². The van der Waals surface area contributed by atoms with Crippen molar-refractivity contribution in [3.05, 3.63) is 59.5 Å². The van der Waals surface area contributed by atoms with E-state index in [1.807, 2.05) is 6.07 Å². The molecule has 0 atom stereocenters. The Bertz CT molecular complexity index is 1900. The van der Waals surface area contributed by atoms with Crippen LogP contribution in [0.15, 0.2) is 48.9 Å². The van der Waals surface area contributed by atoms with Crippen LogP contribution in [0.1, 0.15) is 31.2 Å². The number of aromatic nitrogens is 4. The third-order valence-electron chi connectivity index (χ3n) is 9.78. The first kappa shape index (κ1) is 31.8. The van der Waals surface area contributed by atoms with E-state index in [4.69, 9.17) is 16.3 Å². The molecule has 2 aliphatic heterocycles. The number of likely N-dealkylation sites (N-methyl/N-ethyl adjacent to an activating group) is 1. The van der Waals surface area contributed by atoms with Gasteiger partial charge in [0.15, 0.2) is 15.7 Å². The third kappa shape index (κ3) is 6.80. The first-order valence-electron chi connectivity index (χ1n) is 16.0. The summed E-state index contributed by atoms with van der Waals surface area (Å²) in [5.74, 6) is 1.07. The second-order valence-electron chi connectivity index (χ2n) is 12.9. The van der Waals surface area contributed by atoms with Gasteiger partial charge in [0.05, 0.1) is 35.8 Å². The predicted octanol–water partition coefficient (Wildman–Crippen LogP) is 4.86. The van der Waals surface area contributed by atoms with Crippen molar-refractivity contribution in [3.63, 3.8) is 0 Å². The Hall–Kier alpha value is -3.78. The highest BCUT2D eigenvalue weighted by Gasteiger charge is 2.50. The van der Waals surface area contributed by atoms with E-state index in [2.05, 4.69) is 64.4 Å². The summed E-state index contributed by atoms with van der Waals surface area (Å²) in [6.07, 6.45) is 10.8. The second-order valence-corrected chi connectivity index (χ2v) is 15.5. The molecule has 2 saturated heterocycles. The fourth-order valence-electron chi connectivity index (χ4n) is 6.94. The molecule has 2 aromatic heterocycles. The van der Waals surface area contributed by atoms with Crippen molar-refractivity contribution in [2.75, 3.05) is 68.7 Å². The van der Waals surface area contributed by atoms with Gasteiger partial charge in [-0.15, -0.1) is 0 Å². The lowest BCUT2D eigenvalue weighted by molar-refractivity contribution is 0.0434. The SMILES string of the molecule is COc1cc(N2CCC(N3CCN(C)C4(CC4)C3)CC2)ccc1Nc1ncc(Cl)c(Nc2ccc3nccnc3c2CS(C)(=O)=O)n1. The molecular formula is C33H40ClN9O3S. The van der Waals surface area contributed by atoms with Gasteiger partial charge in [0, 0.05) is 86.0 Å². The van der Waals surface area contributed by atoms with E-state index in [1.165, 1.54) is 51.1 Å². The topological polar surface area (TPSA) is 129 Å². The van der Waals surface area contributed by atoms with Crippen LogP contribution in [0.25, 0.3) is 11.0 Å². The van der Waals surface area contributed by atoms with E-state index >= 15 is 0 Å². The zero-order valence-electron chi connectivity index (χ0n) is 26.9. The number of nitrogens with one attached hydrogen (secondary N) is 2. The lowest BCUT2D eigenvalue weighted by Gasteiger charge is -2.46. The molecule has 0 radical (unpaired) electrons. The molecule has 1 saturated carbocycles. The summed E-state index contributed by atoms with van der Waals surface area (Å²) in [5.41, 5.74) is 4.37. The Morgan fingerprint density at radius 2 is 1.77 bits per heavy atom. The van der Waals surface area contributed by atoms with Crippen LogP contribution in [0.2, 0.25) is 5.02 Å². The van der Waals surface area contributed by atoms with Gasteiger partial charge in [-0.1, -0.05) is 11.6 Å². The summed E-state index contributed by atoms with van der Waals surface area (Å²) in [7, 11) is 0.558. The number of methoxy groups -OCH3 is 1. The number of sulfone groups is 1. The zero-order chi connectivity index (χ0) is 32.8. The van der Waals surface area contributed by atoms with Crippen molar-refractivity contribution in [1.29, 1.82) is 0 Å². The largest absolute Gasteiger partial charge is 0.494 e. The molecule has 2 N–H and O–H groups in total. The Morgan fingerprint density at radius 1 is 1.00 bits per heavy atom. The molecule has 14 heteroatoms. The van der Waals surface area contributed by atoms with Crippen LogP contribution in [0.4, 0.5) is 28.8 Å². The fraction of sp³-hybridized carbons (Fsp3) is 0.455. The number of ether oxygens (including phenoxy) is 1. The number of fused-ring (bicyclic) bond motifs is 1. The molecule has 12 nitrogen and oxygen atoms in total. The molecule has 0 bridgehead atoms. The standard InChI is InChI=1S/C33H40ClN9O3S/c1-41-16-17-43(21-33(41)10-11-33)22-8-14-42(15-9-22)23-4-5-27(29(18-23)46-2)39-32-37-19-25(34)31(40-32)38-26-6-7-28-30(36-13-12-35-28)24(26)20-47(3,44)45/h4-7,12-13,18-19,22H,8-11,14-17,20-21H2,1-3H3,(H2,37,38,39,40). The summed E-state index contributed by atoms with van der Waals surface area (Å²) in [4.78, 5) is 25.5. The Labute approximate surface area is 280 Å². The number of anilines is 5. The van der Waals surface area contributed by atoms with E-state index in [0.29, 0.717) is 57.1 Å². The highest BCUT2D eigenvalue weighted by Crippen LogP contribution is 2.44. The molecule has 1 spiro atoms. The van der Waals surface area contributed by atoms with Crippen LogP contribution >= 0.6 is 11.6 Å². The van der Waals surface area contributed by atoms with Gasteiger partial charge in [0.1, 0.15) is 10.8 Å². The lowest BCUT2D eigenvalue weighted by atomic mass is 9.99. The van der Waals surface area contributed by atoms with Gasteiger partial charge in [0.25, 0.3) is 0 Å². The minimum Gasteiger partial charge on any atom is -0.494 e. The van der Waals surface area contributed by atoms with Gasteiger partial charge >= 0.3 is 0 Å². The van der Waals surface area contributed by atoms with E-state index in [0.717, 1.165) is 31.6 Å². The zero-order valence-corrected chi connectivity index (χ0v) is 28.5. The molecule has 3 fully saturated rings. The summed E-state index contributed by atoms with van der Waals surface area (Å²) in [5, 5.41) is 6.74. The van der Waals surface area contributed by atoms with Crippen molar-refractivity contribution in [1.82, 2.24) is 29.7 Å². The quantitative estimate of drug-likeness (QED) is 0.251. The van der Waals surface area contributed by atoms with Crippen molar-refractivity contribution in [3.8, 4) is 5.75 Å². The highest BCUT2D eigenvalue weighted by molar-refractivity contribution is 7.89. The number of hydrogen-bond acceptors (Lipinski definition) is 12. The van der Waals surface area contributed by atoms with Crippen molar-refractivity contribution in [2.45, 2.75) is 43.0 Å². The van der Waals surface area contributed by atoms with Crippen molar-refractivity contribution < 1.29 is 13.2 Å². The molecule has 4 aromatic rings.